The lowest BCUT2D eigenvalue weighted by Gasteiger charge is -2.27. The normalized spacial score (nSPS) is 26.2. The number of guanidine groups is 1. The van der Waals surface area contributed by atoms with E-state index in [2.05, 4.69) is 27.2 Å². The van der Waals surface area contributed by atoms with Crippen molar-refractivity contribution in [1.82, 2.24) is 15.1 Å². The topological polar surface area (TPSA) is 40.1 Å². The molecule has 3 fully saturated rings. The zero-order valence-corrected chi connectivity index (χ0v) is 17.7. The van der Waals surface area contributed by atoms with Crippen LogP contribution in [0.15, 0.2) is 4.99 Å². The first-order valence-corrected chi connectivity index (χ1v) is 9.50. The third-order valence-electron chi connectivity index (χ3n) is 5.72. The third kappa shape index (κ3) is 6.02. The van der Waals surface area contributed by atoms with Gasteiger partial charge in [-0.2, -0.15) is 0 Å². The molecule has 0 spiro atoms. The van der Waals surface area contributed by atoms with Gasteiger partial charge in [0.15, 0.2) is 5.96 Å². The highest BCUT2D eigenvalue weighted by Gasteiger charge is 2.34. The molecule has 0 radical (unpaired) electrons. The molecule has 0 bridgehead atoms. The van der Waals surface area contributed by atoms with Crippen molar-refractivity contribution in [1.29, 1.82) is 0 Å². The van der Waals surface area contributed by atoms with E-state index in [0.29, 0.717) is 0 Å². The number of nitrogens with one attached hydrogen (secondary N) is 1. The molecule has 5 nitrogen and oxygen atoms in total. The van der Waals surface area contributed by atoms with Crippen molar-refractivity contribution in [2.75, 3.05) is 53.5 Å². The highest BCUT2D eigenvalue weighted by Crippen LogP contribution is 2.31. The maximum absolute atomic E-state index is 5.45. The first-order chi connectivity index (χ1) is 11.3. The molecule has 1 N–H and O–H groups in total. The highest BCUT2D eigenvalue weighted by molar-refractivity contribution is 14.0. The average molecular weight is 450 g/mol. The summed E-state index contributed by atoms with van der Waals surface area (Å²) < 4.78 is 5.45. The number of hydrogen-bond acceptors (Lipinski definition) is 3. The second-order valence-electron chi connectivity index (χ2n) is 7.57. The minimum absolute atomic E-state index is 0. The van der Waals surface area contributed by atoms with Gasteiger partial charge in [0.05, 0.1) is 0 Å². The second-order valence-corrected chi connectivity index (χ2v) is 7.57. The van der Waals surface area contributed by atoms with E-state index in [-0.39, 0.29) is 24.0 Å². The lowest BCUT2D eigenvalue weighted by atomic mass is 9.96. The Bertz CT molecular complexity index is 396. The molecule has 0 aromatic heterocycles. The molecule has 2 aliphatic heterocycles. The van der Waals surface area contributed by atoms with Crippen LogP contribution in [0.1, 0.15) is 38.5 Å². The summed E-state index contributed by atoms with van der Waals surface area (Å²) in [5.41, 5.74) is 0. The second kappa shape index (κ2) is 10.2. The Balaban J connectivity index is 0.00000208. The molecule has 0 aromatic carbocycles. The molecule has 3 rings (SSSR count). The summed E-state index contributed by atoms with van der Waals surface area (Å²) in [7, 11) is 4.07. The quantitative estimate of drug-likeness (QED) is 0.384. The van der Waals surface area contributed by atoms with Crippen LogP contribution in [0.25, 0.3) is 0 Å². The zero-order valence-electron chi connectivity index (χ0n) is 15.4. The van der Waals surface area contributed by atoms with Crippen LogP contribution < -0.4 is 5.32 Å². The van der Waals surface area contributed by atoms with Crippen LogP contribution in [0.3, 0.4) is 0 Å². The molecule has 1 aliphatic carbocycles. The van der Waals surface area contributed by atoms with E-state index in [4.69, 9.17) is 4.74 Å². The Morgan fingerprint density at radius 1 is 1.17 bits per heavy atom. The predicted octanol–water partition coefficient (Wildman–Crippen LogP) is 2.41. The van der Waals surface area contributed by atoms with Crippen LogP contribution >= 0.6 is 24.0 Å². The van der Waals surface area contributed by atoms with Crippen molar-refractivity contribution in [2.24, 2.45) is 16.8 Å². The van der Waals surface area contributed by atoms with Crippen molar-refractivity contribution in [3.63, 3.8) is 0 Å². The van der Waals surface area contributed by atoms with E-state index in [1.807, 2.05) is 7.05 Å². The van der Waals surface area contributed by atoms with E-state index in [1.165, 1.54) is 51.6 Å². The van der Waals surface area contributed by atoms with E-state index in [1.54, 1.807) is 0 Å². The SMILES string of the molecule is CN=C(NCC1CCN(C2CC2)C1)N(C)CCC1CCOCC1.I. The van der Waals surface area contributed by atoms with Gasteiger partial charge < -0.3 is 19.9 Å². The Hall–Kier alpha value is -0.0800. The first-order valence-electron chi connectivity index (χ1n) is 9.50. The Morgan fingerprint density at radius 3 is 2.58 bits per heavy atom. The summed E-state index contributed by atoms with van der Waals surface area (Å²) in [4.78, 5) is 9.45. The highest BCUT2D eigenvalue weighted by atomic mass is 127. The standard InChI is InChI=1S/C18H34N4O.HI/c1-19-18(21(2)9-5-15-7-11-23-12-8-15)20-13-16-6-10-22(14-16)17-3-4-17;/h15-17H,3-14H2,1-2H3,(H,19,20);1H. The van der Waals surface area contributed by atoms with Gasteiger partial charge in [-0.25, -0.2) is 0 Å². The smallest absolute Gasteiger partial charge is 0.193 e. The average Bonchev–Trinajstić information content (AvgIpc) is 3.33. The van der Waals surface area contributed by atoms with Gasteiger partial charge >= 0.3 is 0 Å². The van der Waals surface area contributed by atoms with Crippen molar-refractivity contribution in [2.45, 2.75) is 44.6 Å². The molecular weight excluding hydrogens is 415 g/mol. The third-order valence-corrected chi connectivity index (χ3v) is 5.72. The minimum Gasteiger partial charge on any atom is -0.381 e. The van der Waals surface area contributed by atoms with Crippen molar-refractivity contribution in [3.05, 3.63) is 0 Å². The molecule has 2 saturated heterocycles. The van der Waals surface area contributed by atoms with E-state index < -0.39 is 0 Å². The number of hydrogen-bond donors (Lipinski definition) is 1. The molecule has 6 heteroatoms. The van der Waals surface area contributed by atoms with Crippen LogP contribution in [0.4, 0.5) is 0 Å². The summed E-state index contributed by atoms with van der Waals surface area (Å²) in [6.07, 6.45) is 7.89. The van der Waals surface area contributed by atoms with Crippen LogP contribution in [0, 0.1) is 11.8 Å². The van der Waals surface area contributed by atoms with E-state index in [9.17, 15) is 0 Å². The minimum atomic E-state index is 0. The van der Waals surface area contributed by atoms with Gasteiger partial charge in [0, 0.05) is 53.0 Å². The largest absolute Gasteiger partial charge is 0.381 e. The molecule has 24 heavy (non-hydrogen) atoms. The Kier molecular flexibility index (Phi) is 8.57. The summed E-state index contributed by atoms with van der Waals surface area (Å²) in [5, 5.41) is 3.60. The van der Waals surface area contributed by atoms with Gasteiger partial charge in [0.25, 0.3) is 0 Å². The molecule has 3 aliphatic rings. The number of nitrogens with zero attached hydrogens (tertiary/aromatic N) is 3. The fourth-order valence-electron chi connectivity index (χ4n) is 3.94. The molecule has 1 unspecified atom stereocenters. The number of ether oxygens (including phenoxy) is 1. The van der Waals surface area contributed by atoms with Crippen LogP contribution in [-0.4, -0.2) is 75.3 Å². The van der Waals surface area contributed by atoms with Crippen molar-refractivity contribution >= 4 is 29.9 Å². The van der Waals surface area contributed by atoms with Crippen molar-refractivity contribution < 1.29 is 4.74 Å². The van der Waals surface area contributed by atoms with Gasteiger partial charge in [0.1, 0.15) is 0 Å². The molecular formula is C18H35IN4O. The number of halogens is 1. The maximum Gasteiger partial charge on any atom is 0.193 e. The summed E-state index contributed by atoms with van der Waals surface area (Å²) in [5.74, 6) is 2.67. The lowest BCUT2D eigenvalue weighted by Crippen LogP contribution is -2.42. The fourth-order valence-corrected chi connectivity index (χ4v) is 3.94. The number of likely N-dealkylation sites (tertiary alicyclic amines) is 1. The Morgan fingerprint density at radius 2 is 1.92 bits per heavy atom. The fraction of sp³-hybridized carbons (Fsp3) is 0.944. The molecule has 1 atom stereocenters. The van der Waals surface area contributed by atoms with Gasteiger partial charge in [-0.05, 0) is 56.9 Å². The zero-order chi connectivity index (χ0) is 16.1. The molecule has 2 heterocycles. The van der Waals surface area contributed by atoms with Gasteiger partial charge in [-0.3, -0.25) is 4.99 Å². The maximum atomic E-state index is 5.45. The van der Waals surface area contributed by atoms with Gasteiger partial charge in [-0.1, -0.05) is 0 Å². The summed E-state index contributed by atoms with van der Waals surface area (Å²) >= 11 is 0. The first kappa shape index (κ1) is 20.2. The van der Waals surface area contributed by atoms with Crippen molar-refractivity contribution in [3.8, 4) is 0 Å². The number of rotatable bonds is 6. The van der Waals surface area contributed by atoms with E-state index in [0.717, 1.165) is 50.1 Å². The molecule has 1 saturated carbocycles. The molecule has 0 amide bonds. The summed E-state index contributed by atoms with van der Waals surface area (Å²) in [6.45, 7) is 6.62. The monoisotopic (exact) mass is 450 g/mol. The van der Waals surface area contributed by atoms with Gasteiger partial charge in [0.2, 0.25) is 0 Å². The number of aliphatic imine (C=N–C) groups is 1. The van der Waals surface area contributed by atoms with Gasteiger partial charge in [-0.15, -0.1) is 24.0 Å². The summed E-state index contributed by atoms with van der Waals surface area (Å²) in [6, 6.07) is 0.918. The van der Waals surface area contributed by atoms with E-state index >= 15 is 0 Å². The Labute approximate surface area is 164 Å². The van der Waals surface area contributed by atoms with Crippen LogP contribution in [0.2, 0.25) is 0 Å². The van der Waals surface area contributed by atoms with Crippen LogP contribution in [0.5, 0.6) is 0 Å². The lowest BCUT2D eigenvalue weighted by molar-refractivity contribution is 0.0625. The van der Waals surface area contributed by atoms with Crippen LogP contribution in [-0.2, 0) is 4.74 Å². The molecule has 140 valence electrons. The molecule has 0 aromatic rings. The predicted molar refractivity (Wildman–Crippen MR) is 110 cm³/mol.